The summed E-state index contributed by atoms with van der Waals surface area (Å²) in [5, 5.41) is 3.00. The fourth-order valence-electron chi connectivity index (χ4n) is 3.20. The number of anilines is 1. The van der Waals surface area contributed by atoms with E-state index in [0.717, 1.165) is 45.3 Å². The highest BCUT2D eigenvalue weighted by atomic mass is 32.2. The topological polar surface area (TPSA) is 83.6 Å². The van der Waals surface area contributed by atoms with E-state index in [1.54, 1.807) is 0 Å². The Morgan fingerprint density at radius 1 is 0.742 bits per heavy atom. The molecule has 0 radical (unpaired) electrons. The summed E-state index contributed by atoms with van der Waals surface area (Å²) in [7, 11) is 0. The zero-order valence-corrected chi connectivity index (χ0v) is 17.1. The van der Waals surface area contributed by atoms with Gasteiger partial charge in [-0.2, -0.15) is 0 Å². The number of carbonyl (C=O) groups excluding carboxylic acids is 1. The molecule has 31 heavy (non-hydrogen) atoms. The minimum atomic E-state index is -0.316. The van der Waals surface area contributed by atoms with Crippen LogP contribution in [0.1, 0.15) is 0 Å². The zero-order chi connectivity index (χ0) is 21.0. The van der Waals surface area contributed by atoms with Gasteiger partial charge in [0.2, 0.25) is 5.95 Å². The number of hydrogen-bond donors (Lipinski definition) is 2. The first-order chi connectivity index (χ1) is 15.2. The van der Waals surface area contributed by atoms with E-state index in [-0.39, 0.29) is 11.2 Å². The van der Waals surface area contributed by atoms with Crippen molar-refractivity contribution in [1.82, 2.24) is 19.9 Å². The van der Waals surface area contributed by atoms with Crippen LogP contribution in [0.3, 0.4) is 0 Å². The summed E-state index contributed by atoms with van der Waals surface area (Å²) >= 11 is 0.971. The van der Waals surface area contributed by atoms with Gasteiger partial charge >= 0.3 is 0 Å². The fourth-order valence-corrected chi connectivity index (χ4v) is 3.82. The first-order valence-corrected chi connectivity index (χ1v) is 10.5. The van der Waals surface area contributed by atoms with Crippen molar-refractivity contribution < 1.29 is 4.79 Å². The molecule has 0 aliphatic carbocycles. The Hall–Kier alpha value is -3.97. The number of nitrogens with one attached hydrogen (secondary N) is 2. The van der Waals surface area contributed by atoms with Crippen molar-refractivity contribution in [3.05, 3.63) is 91.0 Å². The van der Waals surface area contributed by atoms with E-state index in [1.807, 2.05) is 91.0 Å². The summed E-state index contributed by atoms with van der Waals surface area (Å²) in [4.78, 5) is 29.4. The van der Waals surface area contributed by atoms with Crippen LogP contribution >= 0.6 is 11.8 Å². The largest absolute Gasteiger partial charge is 0.332 e. The van der Waals surface area contributed by atoms with Gasteiger partial charge < -0.3 is 4.98 Å². The molecule has 5 rings (SSSR count). The molecule has 6 nitrogen and oxygen atoms in total. The SMILES string of the molecule is O=C(Nc1nc(-c2ccccc2)cc(-c2ccccc2)n1)Sc1nc2ccccc2[nH]1. The second kappa shape index (κ2) is 8.41. The van der Waals surface area contributed by atoms with Crippen molar-refractivity contribution in [2.45, 2.75) is 5.16 Å². The second-order valence-corrected chi connectivity index (χ2v) is 7.73. The predicted octanol–water partition coefficient (Wildman–Crippen LogP) is 6.01. The maximum absolute atomic E-state index is 12.7. The van der Waals surface area contributed by atoms with Crippen molar-refractivity contribution in [2.24, 2.45) is 0 Å². The molecule has 150 valence electrons. The maximum Gasteiger partial charge on any atom is 0.293 e. The zero-order valence-electron chi connectivity index (χ0n) is 16.3. The van der Waals surface area contributed by atoms with E-state index in [9.17, 15) is 4.79 Å². The molecular weight excluding hydrogens is 406 g/mol. The van der Waals surface area contributed by atoms with Crippen molar-refractivity contribution in [1.29, 1.82) is 0 Å². The first kappa shape index (κ1) is 19.0. The number of H-pyrrole nitrogens is 1. The highest BCUT2D eigenvalue weighted by Gasteiger charge is 2.14. The molecule has 5 aromatic rings. The van der Waals surface area contributed by atoms with Crippen molar-refractivity contribution in [3.8, 4) is 22.5 Å². The number of amides is 1. The number of thioether (sulfide) groups is 1. The first-order valence-electron chi connectivity index (χ1n) is 9.68. The number of benzene rings is 3. The average molecular weight is 424 g/mol. The number of aromatic nitrogens is 4. The lowest BCUT2D eigenvalue weighted by Crippen LogP contribution is -2.09. The van der Waals surface area contributed by atoms with Gasteiger partial charge in [-0.1, -0.05) is 72.8 Å². The number of rotatable bonds is 4. The van der Waals surface area contributed by atoms with E-state index in [4.69, 9.17) is 0 Å². The molecule has 2 aromatic heterocycles. The number of fused-ring (bicyclic) bond motifs is 1. The van der Waals surface area contributed by atoms with Gasteiger partial charge in [-0.05, 0) is 18.2 Å². The number of hydrogen-bond acceptors (Lipinski definition) is 5. The van der Waals surface area contributed by atoms with Crippen molar-refractivity contribution in [2.75, 3.05) is 5.32 Å². The summed E-state index contributed by atoms with van der Waals surface area (Å²) in [6.07, 6.45) is 0. The van der Waals surface area contributed by atoms with Crippen molar-refractivity contribution in [3.63, 3.8) is 0 Å². The molecule has 0 aliphatic rings. The fraction of sp³-hybridized carbons (Fsp3) is 0. The van der Waals surface area contributed by atoms with Gasteiger partial charge in [0.1, 0.15) is 0 Å². The summed E-state index contributed by atoms with van der Waals surface area (Å²) in [6.45, 7) is 0. The maximum atomic E-state index is 12.7. The van der Waals surface area contributed by atoms with Crippen LogP contribution in [-0.2, 0) is 0 Å². The minimum Gasteiger partial charge on any atom is -0.332 e. The summed E-state index contributed by atoms with van der Waals surface area (Å²) < 4.78 is 0. The minimum absolute atomic E-state index is 0.244. The van der Waals surface area contributed by atoms with E-state index < -0.39 is 0 Å². The predicted molar refractivity (Wildman–Crippen MR) is 124 cm³/mol. The molecule has 0 atom stereocenters. The van der Waals surface area contributed by atoms with Crippen LogP contribution in [-0.4, -0.2) is 25.2 Å². The molecule has 0 saturated carbocycles. The quantitative estimate of drug-likeness (QED) is 0.346. The van der Waals surface area contributed by atoms with Crippen LogP contribution in [0.15, 0.2) is 96.2 Å². The Kier molecular flexibility index (Phi) is 5.16. The Balaban J connectivity index is 1.45. The van der Waals surface area contributed by atoms with Gasteiger partial charge in [0.05, 0.1) is 22.4 Å². The van der Waals surface area contributed by atoms with E-state index in [0.29, 0.717) is 5.16 Å². The van der Waals surface area contributed by atoms with E-state index >= 15 is 0 Å². The molecule has 0 bridgehead atoms. The molecule has 0 aliphatic heterocycles. The monoisotopic (exact) mass is 423 g/mol. The van der Waals surface area contributed by atoms with Crippen LogP contribution in [0.5, 0.6) is 0 Å². The molecule has 2 heterocycles. The molecule has 1 amide bonds. The van der Waals surface area contributed by atoms with Crippen LogP contribution in [0.2, 0.25) is 0 Å². The third-order valence-corrected chi connectivity index (χ3v) is 5.31. The highest BCUT2D eigenvalue weighted by molar-refractivity contribution is 8.13. The van der Waals surface area contributed by atoms with E-state index in [2.05, 4.69) is 25.3 Å². The van der Waals surface area contributed by atoms with Gasteiger partial charge in [0, 0.05) is 22.9 Å². The average Bonchev–Trinajstić information content (AvgIpc) is 3.22. The van der Waals surface area contributed by atoms with Gasteiger partial charge in [0.25, 0.3) is 5.24 Å². The second-order valence-electron chi connectivity index (χ2n) is 6.77. The summed E-state index contributed by atoms with van der Waals surface area (Å²) in [6, 6.07) is 29.2. The number of nitrogens with zero attached hydrogens (tertiary/aromatic N) is 3. The highest BCUT2D eigenvalue weighted by Crippen LogP contribution is 2.26. The van der Waals surface area contributed by atoms with Gasteiger partial charge in [-0.15, -0.1) is 0 Å². The van der Waals surface area contributed by atoms with Crippen LogP contribution in [0, 0.1) is 0 Å². The van der Waals surface area contributed by atoms with Crippen LogP contribution < -0.4 is 5.32 Å². The van der Waals surface area contributed by atoms with Crippen LogP contribution in [0.25, 0.3) is 33.5 Å². The lowest BCUT2D eigenvalue weighted by Gasteiger charge is -2.09. The standard InChI is InChI=1S/C24H17N5OS/c30-24(31-23-27-18-13-7-8-14-19(18)28-23)29-22-25-20(16-9-3-1-4-10-16)15-21(26-22)17-11-5-2-6-12-17/h1-15H,(H,27,28)(H,25,26,29,30). The molecule has 0 spiro atoms. The van der Waals surface area contributed by atoms with E-state index in [1.165, 1.54) is 0 Å². The number of carbonyl (C=O) groups is 1. The third kappa shape index (κ3) is 4.31. The Morgan fingerprint density at radius 3 is 1.94 bits per heavy atom. The molecular formula is C24H17N5OS. The summed E-state index contributed by atoms with van der Waals surface area (Å²) in [5.74, 6) is 0.244. The number of aromatic amines is 1. The smallest absolute Gasteiger partial charge is 0.293 e. The Labute approximate surface area is 182 Å². The molecule has 7 heteroatoms. The van der Waals surface area contributed by atoms with Gasteiger partial charge in [0.15, 0.2) is 5.16 Å². The van der Waals surface area contributed by atoms with Crippen molar-refractivity contribution >= 4 is 34.0 Å². The third-order valence-electron chi connectivity index (χ3n) is 4.64. The summed E-state index contributed by atoms with van der Waals surface area (Å²) in [5.41, 5.74) is 5.06. The molecule has 0 saturated heterocycles. The lowest BCUT2D eigenvalue weighted by molar-refractivity contribution is 0.269. The van der Waals surface area contributed by atoms with Gasteiger partial charge in [-0.3, -0.25) is 10.1 Å². The molecule has 0 fully saturated rings. The molecule has 3 aromatic carbocycles. The Morgan fingerprint density at radius 2 is 1.32 bits per heavy atom. The van der Waals surface area contributed by atoms with Gasteiger partial charge in [-0.25, -0.2) is 15.0 Å². The number of imidazole rings is 1. The normalized spacial score (nSPS) is 10.8. The van der Waals surface area contributed by atoms with Crippen LogP contribution in [0.4, 0.5) is 10.7 Å². The molecule has 2 N–H and O–H groups in total. The molecule has 0 unspecified atom stereocenters. The number of para-hydroxylation sites is 2. The Bertz CT molecular complexity index is 1260. The lowest BCUT2D eigenvalue weighted by atomic mass is 10.1.